The Balaban J connectivity index is 1.84. The van der Waals surface area contributed by atoms with Gasteiger partial charge in [-0.3, -0.25) is 0 Å². The van der Waals surface area contributed by atoms with Crippen LogP contribution in [0.4, 0.5) is 4.79 Å². The van der Waals surface area contributed by atoms with E-state index in [1.165, 1.54) is 0 Å². The average molecular weight is 333 g/mol. The van der Waals surface area contributed by atoms with E-state index in [2.05, 4.69) is 15.6 Å². The largest absolute Gasteiger partial charge is 0.497 e. The zero-order valence-electron chi connectivity index (χ0n) is 13.9. The fourth-order valence-electron chi connectivity index (χ4n) is 2.30. The van der Waals surface area contributed by atoms with E-state index in [1.54, 1.807) is 18.4 Å². The molecule has 0 fully saturated rings. The zero-order chi connectivity index (χ0) is 16.8. The second-order valence-corrected chi connectivity index (χ2v) is 6.51. The molecule has 0 aliphatic rings. The fraction of sp³-hybridized carbons (Fsp3) is 0.412. The standard InChI is InChI=1S/C17H23N3O2S/c1-11(8-14-6-5-7-15(9-14)22-4)19-17(21)20-13(3)16-18-12(2)10-23-16/h5-7,9-11,13H,8H2,1-4H3,(H2,19,20,21)/t11-,13-/m1/s1. The second-order valence-electron chi connectivity index (χ2n) is 5.62. The van der Waals surface area contributed by atoms with E-state index in [1.807, 2.05) is 50.4 Å². The summed E-state index contributed by atoms with van der Waals surface area (Å²) in [6.07, 6.45) is 0.745. The third-order valence-corrected chi connectivity index (χ3v) is 4.55. The van der Waals surface area contributed by atoms with E-state index in [0.29, 0.717) is 0 Å². The number of methoxy groups -OCH3 is 1. The van der Waals surface area contributed by atoms with Crippen LogP contribution >= 0.6 is 11.3 Å². The molecule has 0 aliphatic heterocycles. The van der Waals surface area contributed by atoms with Gasteiger partial charge >= 0.3 is 6.03 Å². The van der Waals surface area contributed by atoms with Crippen molar-refractivity contribution in [3.8, 4) is 5.75 Å². The Labute approximate surface area is 141 Å². The summed E-state index contributed by atoms with van der Waals surface area (Å²) in [4.78, 5) is 16.5. The number of hydrogen-bond acceptors (Lipinski definition) is 4. The smallest absolute Gasteiger partial charge is 0.315 e. The Hall–Kier alpha value is -2.08. The van der Waals surface area contributed by atoms with Gasteiger partial charge in [0.05, 0.1) is 13.2 Å². The maximum Gasteiger partial charge on any atom is 0.315 e. The number of urea groups is 1. The molecule has 1 heterocycles. The first-order valence-electron chi connectivity index (χ1n) is 7.60. The van der Waals surface area contributed by atoms with E-state index >= 15 is 0 Å². The molecule has 5 nitrogen and oxygen atoms in total. The van der Waals surface area contributed by atoms with Crippen molar-refractivity contribution in [2.75, 3.05) is 7.11 Å². The van der Waals surface area contributed by atoms with Crippen molar-refractivity contribution >= 4 is 17.4 Å². The van der Waals surface area contributed by atoms with Gasteiger partial charge in [-0.15, -0.1) is 11.3 Å². The summed E-state index contributed by atoms with van der Waals surface area (Å²) in [5.74, 6) is 0.826. The van der Waals surface area contributed by atoms with Crippen molar-refractivity contribution in [1.82, 2.24) is 15.6 Å². The molecule has 23 heavy (non-hydrogen) atoms. The Morgan fingerprint density at radius 1 is 1.35 bits per heavy atom. The topological polar surface area (TPSA) is 63.2 Å². The Morgan fingerprint density at radius 3 is 2.78 bits per heavy atom. The summed E-state index contributed by atoms with van der Waals surface area (Å²) in [6, 6.07) is 7.61. The summed E-state index contributed by atoms with van der Waals surface area (Å²) in [5.41, 5.74) is 2.10. The molecule has 1 aromatic heterocycles. The highest BCUT2D eigenvalue weighted by molar-refractivity contribution is 7.09. The van der Waals surface area contributed by atoms with Crippen LogP contribution in [0.15, 0.2) is 29.6 Å². The lowest BCUT2D eigenvalue weighted by Crippen LogP contribution is -2.42. The molecule has 1 aromatic carbocycles. The maximum atomic E-state index is 12.1. The number of carbonyl (C=O) groups excluding carboxylic acids is 1. The zero-order valence-corrected chi connectivity index (χ0v) is 14.7. The van der Waals surface area contributed by atoms with Gasteiger partial charge in [-0.05, 0) is 44.9 Å². The third kappa shape index (κ3) is 5.25. The number of aryl methyl sites for hydroxylation is 1. The van der Waals surface area contributed by atoms with Gasteiger partial charge in [0, 0.05) is 17.1 Å². The molecule has 6 heteroatoms. The predicted molar refractivity (Wildman–Crippen MR) is 93.1 cm³/mol. The van der Waals surface area contributed by atoms with E-state index < -0.39 is 0 Å². The Morgan fingerprint density at radius 2 is 2.13 bits per heavy atom. The van der Waals surface area contributed by atoms with Gasteiger partial charge in [0.2, 0.25) is 0 Å². The van der Waals surface area contributed by atoms with Gasteiger partial charge in [-0.2, -0.15) is 0 Å². The molecule has 2 amide bonds. The molecule has 2 N–H and O–H groups in total. The van der Waals surface area contributed by atoms with Crippen molar-refractivity contribution in [3.63, 3.8) is 0 Å². The number of amides is 2. The highest BCUT2D eigenvalue weighted by atomic mass is 32.1. The number of benzene rings is 1. The molecular weight excluding hydrogens is 310 g/mol. The first-order chi connectivity index (χ1) is 11.0. The minimum atomic E-state index is -0.180. The summed E-state index contributed by atoms with van der Waals surface area (Å²) < 4.78 is 5.22. The number of thiazole rings is 1. The van der Waals surface area contributed by atoms with Gasteiger partial charge in [-0.1, -0.05) is 12.1 Å². The normalized spacial score (nSPS) is 13.2. The van der Waals surface area contributed by atoms with Crippen molar-refractivity contribution in [3.05, 3.63) is 45.9 Å². The molecular formula is C17H23N3O2S. The molecule has 0 saturated heterocycles. The Kier molecular flexibility index (Phi) is 5.98. The van der Waals surface area contributed by atoms with Crippen LogP contribution < -0.4 is 15.4 Å². The summed E-state index contributed by atoms with van der Waals surface area (Å²) >= 11 is 1.56. The first-order valence-corrected chi connectivity index (χ1v) is 8.48. The van der Waals surface area contributed by atoms with Gasteiger partial charge in [-0.25, -0.2) is 9.78 Å². The van der Waals surface area contributed by atoms with Crippen LogP contribution in [0, 0.1) is 6.92 Å². The summed E-state index contributed by atoms with van der Waals surface area (Å²) in [6.45, 7) is 5.87. The molecule has 0 spiro atoms. The fourth-order valence-corrected chi connectivity index (χ4v) is 3.10. The number of nitrogens with zero attached hydrogens (tertiary/aromatic N) is 1. The number of rotatable bonds is 6. The Bertz CT molecular complexity index is 657. The van der Waals surface area contributed by atoms with E-state index in [4.69, 9.17) is 4.74 Å². The third-order valence-electron chi connectivity index (χ3n) is 3.41. The highest BCUT2D eigenvalue weighted by Gasteiger charge is 2.14. The minimum Gasteiger partial charge on any atom is -0.497 e. The van der Waals surface area contributed by atoms with Crippen molar-refractivity contribution in [2.45, 2.75) is 39.3 Å². The molecule has 2 atom stereocenters. The number of aromatic nitrogens is 1. The van der Waals surface area contributed by atoms with Crippen LogP contribution in [0.2, 0.25) is 0 Å². The lowest BCUT2D eigenvalue weighted by molar-refractivity contribution is 0.234. The molecule has 0 bridgehead atoms. The highest BCUT2D eigenvalue weighted by Crippen LogP contribution is 2.17. The molecule has 124 valence electrons. The van der Waals surface area contributed by atoms with Crippen LogP contribution in [-0.4, -0.2) is 24.2 Å². The number of hydrogen-bond donors (Lipinski definition) is 2. The van der Waals surface area contributed by atoms with Gasteiger partial charge in [0.15, 0.2) is 0 Å². The van der Waals surface area contributed by atoms with Crippen LogP contribution in [0.5, 0.6) is 5.75 Å². The van der Waals surface area contributed by atoms with Crippen molar-refractivity contribution in [1.29, 1.82) is 0 Å². The quantitative estimate of drug-likeness (QED) is 0.851. The van der Waals surface area contributed by atoms with Crippen LogP contribution in [-0.2, 0) is 6.42 Å². The predicted octanol–water partition coefficient (Wildman–Crippen LogP) is 3.45. The summed E-state index contributed by atoms with van der Waals surface area (Å²) in [7, 11) is 1.65. The average Bonchev–Trinajstić information content (AvgIpc) is 2.93. The van der Waals surface area contributed by atoms with Gasteiger partial charge in [0.1, 0.15) is 10.8 Å². The monoisotopic (exact) mass is 333 g/mol. The molecule has 0 aliphatic carbocycles. The number of ether oxygens (including phenoxy) is 1. The lowest BCUT2D eigenvalue weighted by atomic mass is 10.1. The first kappa shape index (κ1) is 17.3. The van der Waals surface area contributed by atoms with Crippen LogP contribution in [0.1, 0.15) is 36.2 Å². The number of carbonyl (C=O) groups is 1. The second kappa shape index (κ2) is 7.97. The van der Waals surface area contributed by atoms with Crippen LogP contribution in [0.25, 0.3) is 0 Å². The van der Waals surface area contributed by atoms with Gasteiger partial charge < -0.3 is 15.4 Å². The summed E-state index contributed by atoms with van der Waals surface area (Å²) in [5, 5.41) is 8.78. The minimum absolute atomic E-state index is 0.0207. The van der Waals surface area contributed by atoms with E-state index in [0.717, 1.165) is 28.4 Å². The van der Waals surface area contributed by atoms with Crippen molar-refractivity contribution in [2.24, 2.45) is 0 Å². The molecule has 0 radical (unpaired) electrons. The molecule has 0 unspecified atom stereocenters. The van der Waals surface area contributed by atoms with Crippen molar-refractivity contribution < 1.29 is 9.53 Å². The maximum absolute atomic E-state index is 12.1. The SMILES string of the molecule is COc1cccc(C[C@@H](C)NC(=O)N[C@H](C)c2nc(C)cs2)c1. The number of nitrogens with one attached hydrogen (secondary N) is 2. The van der Waals surface area contributed by atoms with E-state index in [9.17, 15) is 4.79 Å². The molecule has 0 saturated carbocycles. The molecule has 2 rings (SSSR count). The van der Waals surface area contributed by atoms with E-state index in [-0.39, 0.29) is 18.1 Å². The molecule has 2 aromatic rings. The lowest BCUT2D eigenvalue weighted by Gasteiger charge is -2.17. The van der Waals surface area contributed by atoms with Gasteiger partial charge in [0.25, 0.3) is 0 Å². The van der Waals surface area contributed by atoms with Crippen LogP contribution in [0.3, 0.4) is 0 Å².